The lowest BCUT2D eigenvalue weighted by Crippen LogP contribution is -2.35. The van der Waals surface area contributed by atoms with E-state index in [0.29, 0.717) is 4.90 Å². The van der Waals surface area contributed by atoms with Gasteiger partial charge in [0, 0.05) is 19.6 Å². The first-order valence-electron chi connectivity index (χ1n) is 7.33. The second-order valence-electron chi connectivity index (χ2n) is 5.38. The number of benzene rings is 1. The Morgan fingerprint density at radius 1 is 1.20 bits per heavy atom. The van der Waals surface area contributed by atoms with Crippen LogP contribution >= 0.6 is 0 Å². The first-order chi connectivity index (χ1) is 9.55. The molecule has 2 rings (SSSR count). The maximum atomic E-state index is 12.6. The summed E-state index contributed by atoms with van der Waals surface area (Å²) < 4.78 is 26.7. The molecule has 0 atom stereocenters. The van der Waals surface area contributed by atoms with Gasteiger partial charge in [-0.25, -0.2) is 8.42 Å². The van der Waals surface area contributed by atoms with Gasteiger partial charge in [-0.3, -0.25) is 0 Å². The number of hydrogen-bond donors (Lipinski definition) is 1. The number of rotatable bonds is 6. The summed E-state index contributed by atoms with van der Waals surface area (Å²) in [5.74, 6) is 0. The smallest absolute Gasteiger partial charge is 0.243 e. The van der Waals surface area contributed by atoms with E-state index in [0.717, 1.165) is 44.3 Å². The summed E-state index contributed by atoms with van der Waals surface area (Å²) in [5, 5.41) is 3.23. The Morgan fingerprint density at radius 3 is 2.35 bits per heavy atom. The number of nitrogens with one attached hydrogen (secondary N) is 1. The largest absolute Gasteiger partial charge is 0.313 e. The van der Waals surface area contributed by atoms with Gasteiger partial charge >= 0.3 is 0 Å². The molecule has 1 aromatic rings. The molecule has 4 nitrogen and oxygen atoms in total. The van der Waals surface area contributed by atoms with Crippen LogP contribution in [0, 0.1) is 0 Å². The van der Waals surface area contributed by atoms with Crippen molar-refractivity contribution in [2.45, 2.75) is 50.1 Å². The number of nitrogens with zero attached hydrogens (tertiary/aromatic N) is 1. The number of sulfonamides is 1. The molecule has 20 heavy (non-hydrogen) atoms. The number of hydrogen-bond acceptors (Lipinski definition) is 3. The standard InChI is InChI=1S/C15H24N2O2S/c1-3-16-12-13-8-10-15(11-9-13)20(18,19)17(2)14-6-4-5-7-14/h8-11,14,16H,3-7,12H2,1-2H3. The molecule has 1 aliphatic rings. The molecule has 0 saturated heterocycles. The third kappa shape index (κ3) is 3.40. The topological polar surface area (TPSA) is 49.4 Å². The van der Waals surface area contributed by atoms with Crippen molar-refractivity contribution in [1.29, 1.82) is 0 Å². The first-order valence-corrected chi connectivity index (χ1v) is 8.77. The molecule has 1 aromatic carbocycles. The molecule has 0 spiro atoms. The maximum Gasteiger partial charge on any atom is 0.243 e. The Hall–Kier alpha value is -0.910. The zero-order valence-corrected chi connectivity index (χ0v) is 13.1. The molecule has 0 amide bonds. The molecule has 0 heterocycles. The molecule has 1 saturated carbocycles. The predicted molar refractivity (Wildman–Crippen MR) is 81.0 cm³/mol. The van der Waals surface area contributed by atoms with Crippen LogP contribution in [0.25, 0.3) is 0 Å². The summed E-state index contributed by atoms with van der Waals surface area (Å²) in [5.41, 5.74) is 1.11. The predicted octanol–water partition coefficient (Wildman–Crippen LogP) is 2.36. The monoisotopic (exact) mass is 296 g/mol. The lowest BCUT2D eigenvalue weighted by Gasteiger charge is -2.23. The fraction of sp³-hybridized carbons (Fsp3) is 0.600. The normalized spacial score (nSPS) is 16.9. The van der Waals surface area contributed by atoms with Gasteiger partial charge < -0.3 is 5.32 Å². The molecule has 0 radical (unpaired) electrons. The fourth-order valence-corrected chi connectivity index (χ4v) is 4.09. The van der Waals surface area contributed by atoms with Crippen LogP contribution in [0.4, 0.5) is 0 Å². The van der Waals surface area contributed by atoms with Crippen molar-refractivity contribution in [1.82, 2.24) is 9.62 Å². The molecular formula is C15H24N2O2S. The van der Waals surface area contributed by atoms with Crippen LogP contribution in [-0.2, 0) is 16.6 Å². The van der Waals surface area contributed by atoms with Crippen LogP contribution in [0.5, 0.6) is 0 Å². The van der Waals surface area contributed by atoms with E-state index < -0.39 is 10.0 Å². The summed E-state index contributed by atoms with van der Waals surface area (Å²) in [6.07, 6.45) is 4.22. The van der Waals surface area contributed by atoms with Crippen molar-refractivity contribution in [3.05, 3.63) is 29.8 Å². The van der Waals surface area contributed by atoms with Crippen molar-refractivity contribution in [3.63, 3.8) is 0 Å². The van der Waals surface area contributed by atoms with Crippen molar-refractivity contribution < 1.29 is 8.42 Å². The molecule has 1 fully saturated rings. The third-order valence-corrected chi connectivity index (χ3v) is 5.94. The van der Waals surface area contributed by atoms with Gasteiger partial charge in [-0.05, 0) is 37.1 Å². The van der Waals surface area contributed by atoms with E-state index in [-0.39, 0.29) is 6.04 Å². The summed E-state index contributed by atoms with van der Waals surface area (Å²) in [7, 11) is -1.64. The van der Waals surface area contributed by atoms with E-state index >= 15 is 0 Å². The minimum absolute atomic E-state index is 0.168. The highest BCUT2D eigenvalue weighted by Gasteiger charge is 2.29. The van der Waals surface area contributed by atoms with Crippen LogP contribution in [0.1, 0.15) is 38.2 Å². The van der Waals surface area contributed by atoms with Gasteiger partial charge in [0.2, 0.25) is 10.0 Å². The molecule has 5 heteroatoms. The van der Waals surface area contributed by atoms with E-state index in [1.54, 1.807) is 23.5 Å². The van der Waals surface area contributed by atoms with Gasteiger partial charge in [-0.1, -0.05) is 31.9 Å². The van der Waals surface area contributed by atoms with Gasteiger partial charge in [-0.2, -0.15) is 4.31 Å². The fourth-order valence-electron chi connectivity index (χ4n) is 2.68. The van der Waals surface area contributed by atoms with Crippen molar-refractivity contribution in [2.24, 2.45) is 0 Å². The summed E-state index contributed by atoms with van der Waals surface area (Å²) in [6.45, 7) is 3.73. The van der Waals surface area contributed by atoms with Crippen molar-refractivity contribution >= 4 is 10.0 Å². The molecule has 1 N–H and O–H groups in total. The third-order valence-electron chi connectivity index (χ3n) is 4.02. The molecule has 1 aliphatic carbocycles. The van der Waals surface area contributed by atoms with E-state index in [1.807, 2.05) is 12.1 Å². The average Bonchev–Trinajstić information content (AvgIpc) is 2.98. The van der Waals surface area contributed by atoms with Crippen molar-refractivity contribution in [2.75, 3.05) is 13.6 Å². The first kappa shape index (κ1) is 15.5. The van der Waals surface area contributed by atoms with Crippen LogP contribution in [0.15, 0.2) is 29.2 Å². The molecular weight excluding hydrogens is 272 g/mol. The van der Waals surface area contributed by atoms with Gasteiger partial charge in [0.15, 0.2) is 0 Å². The van der Waals surface area contributed by atoms with Crippen molar-refractivity contribution in [3.8, 4) is 0 Å². The Bertz CT molecular complexity index is 519. The van der Waals surface area contributed by atoms with Gasteiger partial charge in [0.05, 0.1) is 4.90 Å². The zero-order valence-electron chi connectivity index (χ0n) is 12.3. The van der Waals surface area contributed by atoms with Gasteiger partial charge in [0.1, 0.15) is 0 Å². The second-order valence-corrected chi connectivity index (χ2v) is 7.38. The zero-order chi connectivity index (χ0) is 14.6. The van der Waals surface area contributed by atoms with E-state index in [9.17, 15) is 8.42 Å². The summed E-state index contributed by atoms with van der Waals surface area (Å²) in [4.78, 5) is 0.396. The minimum Gasteiger partial charge on any atom is -0.313 e. The second kappa shape index (κ2) is 6.70. The molecule has 0 aromatic heterocycles. The Labute approximate surface area is 122 Å². The Kier molecular flexibility index (Phi) is 5.18. The highest BCUT2D eigenvalue weighted by molar-refractivity contribution is 7.89. The van der Waals surface area contributed by atoms with E-state index in [2.05, 4.69) is 12.2 Å². The van der Waals surface area contributed by atoms with Gasteiger partial charge in [-0.15, -0.1) is 0 Å². The Morgan fingerprint density at radius 2 is 1.80 bits per heavy atom. The van der Waals surface area contributed by atoms with Crippen LogP contribution in [0.3, 0.4) is 0 Å². The van der Waals surface area contributed by atoms with Crippen LogP contribution < -0.4 is 5.32 Å². The molecule has 112 valence electrons. The highest BCUT2D eigenvalue weighted by atomic mass is 32.2. The van der Waals surface area contributed by atoms with E-state index in [4.69, 9.17) is 0 Å². The van der Waals surface area contributed by atoms with E-state index in [1.165, 1.54) is 0 Å². The average molecular weight is 296 g/mol. The molecule has 0 bridgehead atoms. The molecule has 0 unspecified atom stereocenters. The lowest BCUT2D eigenvalue weighted by atomic mass is 10.2. The lowest BCUT2D eigenvalue weighted by molar-refractivity contribution is 0.373. The summed E-state index contributed by atoms with van der Waals surface area (Å²) >= 11 is 0. The van der Waals surface area contributed by atoms with Gasteiger partial charge in [0.25, 0.3) is 0 Å². The highest BCUT2D eigenvalue weighted by Crippen LogP contribution is 2.27. The minimum atomic E-state index is -3.35. The van der Waals surface area contributed by atoms with Crippen LogP contribution in [-0.4, -0.2) is 32.4 Å². The van der Waals surface area contributed by atoms with Crippen LogP contribution in [0.2, 0.25) is 0 Å². The SMILES string of the molecule is CCNCc1ccc(S(=O)(=O)N(C)C2CCCC2)cc1. The quantitative estimate of drug-likeness (QED) is 0.876. The molecule has 0 aliphatic heterocycles. The summed E-state index contributed by atoms with van der Waals surface area (Å²) in [6, 6.07) is 7.37. The Balaban J connectivity index is 2.12. The maximum absolute atomic E-state index is 12.6.